The molecule has 2 N–H and O–H groups in total. The minimum absolute atomic E-state index is 0.0512. The monoisotopic (exact) mass is 486 g/mol. The molecular weight excluding hydrogens is 452 g/mol. The van der Waals surface area contributed by atoms with Crippen LogP contribution in [0.25, 0.3) is 0 Å². The van der Waals surface area contributed by atoms with Crippen LogP contribution >= 0.6 is 0 Å². The van der Waals surface area contributed by atoms with Crippen LogP contribution in [0, 0.1) is 0 Å². The molecule has 4 rings (SSSR count). The van der Waals surface area contributed by atoms with Gasteiger partial charge in [0.15, 0.2) is 0 Å². The third-order valence-corrected chi connectivity index (χ3v) is 6.57. The molecule has 3 aromatic carbocycles. The third-order valence-electron chi connectivity index (χ3n) is 6.57. The molecule has 7 heteroatoms. The molecule has 36 heavy (non-hydrogen) atoms. The number of nitrogens with one attached hydrogen (secondary N) is 2. The van der Waals surface area contributed by atoms with E-state index in [1.54, 1.807) is 25.3 Å². The van der Waals surface area contributed by atoms with E-state index in [9.17, 15) is 9.59 Å². The van der Waals surface area contributed by atoms with Crippen LogP contribution in [0.2, 0.25) is 0 Å². The van der Waals surface area contributed by atoms with Crippen molar-refractivity contribution in [1.29, 1.82) is 0 Å². The van der Waals surface area contributed by atoms with Gasteiger partial charge in [-0.25, -0.2) is 0 Å². The number of rotatable bonds is 8. The van der Waals surface area contributed by atoms with Crippen molar-refractivity contribution in [2.75, 3.05) is 48.4 Å². The van der Waals surface area contributed by atoms with E-state index < -0.39 is 0 Å². The number of benzene rings is 3. The topological polar surface area (TPSA) is 73.9 Å². The fourth-order valence-corrected chi connectivity index (χ4v) is 4.35. The van der Waals surface area contributed by atoms with Gasteiger partial charge in [0.2, 0.25) is 0 Å². The molecule has 0 spiro atoms. The van der Waals surface area contributed by atoms with Crippen molar-refractivity contribution in [1.82, 2.24) is 5.32 Å². The van der Waals surface area contributed by atoms with E-state index >= 15 is 0 Å². The second kappa shape index (κ2) is 11.6. The fraction of sp³-hybridized carbons (Fsp3) is 0.310. The molecular formula is C29H34N4O3. The van der Waals surface area contributed by atoms with Gasteiger partial charge in [-0.15, -0.1) is 0 Å². The van der Waals surface area contributed by atoms with Crippen LogP contribution in [-0.4, -0.2) is 51.1 Å². The number of ether oxygens (including phenoxy) is 1. The molecule has 1 unspecified atom stereocenters. The zero-order chi connectivity index (χ0) is 25.5. The van der Waals surface area contributed by atoms with Gasteiger partial charge in [0.1, 0.15) is 5.75 Å². The second-order valence-electron chi connectivity index (χ2n) is 8.98. The first kappa shape index (κ1) is 25.1. The highest BCUT2D eigenvalue weighted by Gasteiger charge is 2.24. The molecule has 0 saturated carbocycles. The van der Waals surface area contributed by atoms with Crippen molar-refractivity contribution in [3.8, 4) is 5.75 Å². The SMILES string of the molecule is CCC(C)NC(=O)c1cc(NC(=O)c2ccccc2)ccc1N1CCN(c2ccccc2OC)CC1. The molecule has 1 saturated heterocycles. The van der Waals surface area contributed by atoms with Crippen molar-refractivity contribution >= 4 is 28.9 Å². The van der Waals surface area contributed by atoms with E-state index in [1.165, 1.54) is 0 Å². The van der Waals surface area contributed by atoms with Crippen molar-refractivity contribution < 1.29 is 14.3 Å². The Morgan fingerprint density at radius 3 is 2.17 bits per heavy atom. The van der Waals surface area contributed by atoms with Crippen molar-refractivity contribution in [2.24, 2.45) is 0 Å². The fourth-order valence-electron chi connectivity index (χ4n) is 4.35. The van der Waals surface area contributed by atoms with Gasteiger partial charge in [-0.05, 0) is 55.8 Å². The zero-order valence-electron chi connectivity index (χ0n) is 21.2. The highest BCUT2D eigenvalue weighted by Crippen LogP contribution is 2.31. The molecule has 1 fully saturated rings. The predicted molar refractivity (Wildman–Crippen MR) is 145 cm³/mol. The van der Waals surface area contributed by atoms with Crippen molar-refractivity contribution in [2.45, 2.75) is 26.3 Å². The number of nitrogens with zero attached hydrogens (tertiary/aromatic N) is 2. The molecule has 1 aliphatic rings. The van der Waals surface area contributed by atoms with E-state index in [2.05, 4.69) is 26.5 Å². The summed E-state index contributed by atoms with van der Waals surface area (Å²) in [5.41, 5.74) is 3.67. The molecule has 3 aromatic rings. The van der Waals surface area contributed by atoms with E-state index in [0.29, 0.717) is 16.8 Å². The van der Waals surface area contributed by atoms with Crippen molar-refractivity contribution in [3.05, 3.63) is 83.9 Å². The number of hydrogen-bond donors (Lipinski definition) is 2. The summed E-state index contributed by atoms with van der Waals surface area (Å²) < 4.78 is 5.54. The van der Waals surface area contributed by atoms with E-state index in [-0.39, 0.29) is 17.9 Å². The van der Waals surface area contributed by atoms with Crippen LogP contribution in [0.5, 0.6) is 5.75 Å². The Bertz CT molecular complexity index is 1190. The Morgan fingerprint density at radius 2 is 1.50 bits per heavy atom. The molecule has 188 valence electrons. The Hall–Kier alpha value is -4.00. The zero-order valence-corrected chi connectivity index (χ0v) is 21.2. The summed E-state index contributed by atoms with van der Waals surface area (Å²) in [6.07, 6.45) is 0.836. The number of hydrogen-bond acceptors (Lipinski definition) is 5. The van der Waals surface area contributed by atoms with Crippen LogP contribution in [0.4, 0.5) is 17.1 Å². The minimum atomic E-state index is -0.206. The van der Waals surface area contributed by atoms with Gasteiger partial charge in [0, 0.05) is 49.2 Å². The van der Waals surface area contributed by atoms with Crippen molar-refractivity contribution in [3.63, 3.8) is 0 Å². The van der Waals surface area contributed by atoms with Crippen LogP contribution in [-0.2, 0) is 0 Å². The number of methoxy groups -OCH3 is 1. The Labute approximate surface area is 213 Å². The summed E-state index contributed by atoms with van der Waals surface area (Å²) >= 11 is 0. The molecule has 1 atom stereocenters. The number of amides is 2. The summed E-state index contributed by atoms with van der Waals surface area (Å²) in [6.45, 7) is 7.16. The van der Waals surface area contributed by atoms with Crippen LogP contribution < -0.4 is 25.2 Å². The highest BCUT2D eigenvalue weighted by atomic mass is 16.5. The maximum atomic E-state index is 13.3. The molecule has 2 amide bonds. The van der Waals surface area contributed by atoms with Gasteiger partial charge in [0.25, 0.3) is 11.8 Å². The van der Waals surface area contributed by atoms with E-state index in [0.717, 1.165) is 49.7 Å². The number of para-hydroxylation sites is 2. The van der Waals surface area contributed by atoms with Crippen LogP contribution in [0.15, 0.2) is 72.8 Å². The normalized spacial score (nSPS) is 14.2. The Balaban J connectivity index is 1.55. The molecule has 0 aliphatic carbocycles. The smallest absolute Gasteiger partial charge is 0.255 e. The lowest BCUT2D eigenvalue weighted by molar-refractivity contribution is 0.0938. The van der Waals surface area contributed by atoms with Gasteiger partial charge in [-0.1, -0.05) is 37.3 Å². The van der Waals surface area contributed by atoms with Gasteiger partial charge in [-0.2, -0.15) is 0 Å². The summed E-state index contributed by atoms with van der Waals surface area (Å²) in [5, 5.41) is 6.01. The average molecular weight is 487 g/mol. The number of carbonyl (C=O) groups excluding carboxylic acids is 2. The summed E-state index contributed by atoms with van der Waals surface area (Å²) in [6, 6.07) is 22.7. The molecule has 0 aromatic heterocycles. The van der Waals surface area contributed by atoms with E-state index in [1.807, 2.05) is 62.4 Å². The van der Waals surface area contributed by atoms with Gasteiger partial charge < -0.3 is 25.2 Å². The quantitative estimate of drug-likeness (QED) is 0.478. The maximum Gasteiger partial charge on any atom is 0.255 e. The standard InChI is InChI=1S/C29H34N4O3/c1-4-21(2)30-29(35)24-20-23(31-28(34)22-10-6-5-7-11-22)14-15-25(24)32-16-18-33(19-17-32)26-12-8-9-13-27(26)36-3/h5-15,20-21H,4,16-19H2,1-3H3,(H,30,35)(H,31,34). The molecule has 1 aliphatic heterocycles. The predicted octanol–water partition coefficient (Wildman–Crippen LogP) is 4.80. The minimum Gasteiger partial charge on any atom is -0.495 e. The summed E-state index contributed by atoms with van der Waals surface area (Å²) in [5.74, 6) is 0.516. The summed E-state index contributed by atoms with van der Waals surface area (Å²) in [7, 11) is 1.69. The second-order valence-corrected chi connectivity index (χ2v) is 8.98. The van der Waals surface area contributed by atoms with Gasteiger partial charge in [0.05, 0.1) is 18.4 Å². The lowest BCUT2D eigenvalue weighted by Crippen LogP contribution is -2.47. The Kier molecular flexibility index (Phi) is 8.10. The Morgan fingerprint density at radius 1 is 0.861 bits per heavy atom. The number of carbonyl (C=O) groups is 2. The molecule has 1 heterocycles. The maximum absolute atomic E-state index is 13.3. The largest absolute Gasteiger partial charge is 0.495 e. The number of piperazine rings is 1. The highest BCUT2D eigenvalue weighted by molar-refractivity contribution is 6.06. The lowest BCUT2D eigenvalue weighted by Gasteiger charge is -2.38. The first-order chi connectivity index (χ1) is 17.5. The van der Waals surface area contributed by atoms with Gasteiger partial charge >= 0.3 is 0 Å². The molecule has 0 bridgehead atoms. The first-order valence-corrected chi connectivity index (χ1v) is 12.4. The molecule has 0 radical (unpaired) electrons. The lowest BCUT2D eigenvalue weighted by atomic mass is 10.1. The third kappa shape index (κ3) is 5.79. The van der Waals surface area contributed by atoms with E-state index in [4.69, 9.17) is 4.74 Å². The molecule has 7 nitrogen and oxygen atoms in total. The number of anilines is 3. The van der Waals surface area contributed by atoms with Gasteiger partial charge in [-0.3, -0.25) is 9.59 Å². The summed E-state index contributed by atoms with van der Waals surface area (Å²) in [4.78, 5) is 30.5. The average Bonchev–Trinajstić information content (AvgIpc) is 2.93. The van der Waals surface area contributed by atoms with Crippen LogP contribution in [0.1, 0.15) is 41.0 Å². The first-order valence-electron chi connectivity index (χ1n) is 12.4. The van der Waals surface area contributed by atoms with Crippen LogP contribution in [0.3, 0.4) is 0 Å².